The summed E-state index contributed by atoms with van der Waals surface area (Å²) in [6.07, 6.45) is 1.96. The number of para-hydroxylation sites is 1. The van der Waals surface area contributed by atoms with E-state index < -0.39 is 5.97 Å². The van der Waals surface area contributed by atoms with Gasteiger partial charge in [-0.05, 0) is 24.6 Å². The molecule has 3 rings (SSSR count). The Hall–Kier alpha value is -2.88. The van der Waals surface area contributed by atoms with Crippen molar-refractivity contribution < 1.29 is 9.53 Å². The van der Waals surface area contributed by atoms with Crippen LogP contribution in [0.4, 0.5) is 5.69 Å². The van der Waals surface area contributed by atoms with E-state index in [2.05, 4.69) is 10.5 Å². The van der Waals surface area contributed by atoms with Crippen LogP contribution in [0.5, 0.6) is 0 Å². The summed E-state index contributed by atoms with van der Waals surface area (Å²) in [5, 5.41) is 4.26. The second kappa shape index (κ2) is 6.26. The lowest BCUT2D eigenvalue weighted by molar-refractivity contribution is -0.134. The molecule has 0 saturated carbocycles. The van der Waals surface area contributed by atoms with Gasteiger partial charge in [-0.2, -0.15) is 5.10 Å². The molecule has 2 aromatic carbocycles. The maximum absolute atomic E-state index is 12.3. The molecule has 0 fully saturated rings. The Kier molecular flexibility index (Phi) is 4.01. The quantitative estimate of drug-likeness (QED) is 0.880. The number of hydrazone groups is 1. The average Bonchev–Trinajstić information content (AvgIpc) is 2.75. The molecule has 1 heterocycles. The lowest BCUT2D eigenvalue weighted by Crippen LogP contribution is -2.20. The van der Waals surface area contributed by atoms with Gasteiger partial charge in [0.25, 0.3) is 0 Å². The SMILES string of the molecule is CCOC(=O)C1=NNc2ccccc2C=C1c1ccccc1. The molecular formula is C18H16N2O2. The number of benzene rings is 2. The van der Waals surface area contributed by atoms with Gasteiger partial charge in [0.15, 0.2) is 5.71 Å². The molecule has 0 radical (unpaired) electrons. The van der Waals surface area contributed by atoms with Crippen molar-refractivity contribution in [1.82, 2.24) is 0 Å². The van der Waals surface area contributed by atoms with Crippen LogP contribution in [0.15, 0.2) is 59.7 Å². The van der Waals surface area contributed by atoms with Gasteiger partial charge in [-0.15, -0.1) is 0 Å². The van der Waals surface area contributed by atoms with Gasteiger partial charge in [0, 0.05) is 11.1 Å². The molecule has 22 heavy (non-hydrogen) atoms. The summed E-state index contributed by atoms with van der Waals surface area (Å²) in [4.78, 5) is 12.3. The maximum Gasteiger partial charge on any atom is 0.359 e. The van der Waals surface area contributed by atoms with Crippen LogP contribution in [0.25, 0.3) is 11.6 Å². The number of carbonyl (C=O) groups is 1. The third-order valence-electron chi connectivity index (χ3n) is 3.36. The number of fused-ring (bicyclic) bond motifs is 1. The lowest BCUT2D eigenvalue weighted by atomic mass is 9.98. The standard InChI is InChI=1S/C18H16N2O2/c1-2-22-18(21)17-15(13-8-4-3-5-9-13)12-14-10-6-7-11-16(14)19-20-17/h3-12,19H,2H2,1H3. The summed E-state index contributed by atoms with van der Waals surface area (Å²) in [5.41, 5.74) is 6.73. The normalized spacial score (nSPS) is 13.1. The molecule has 4 nitrogen and oxygen atoms in total. The molecule has 1 N–H and O–H groups in total. The first-order valence-electron chi connectivity index (χ1n) is 7.17. The highest BCUT2D eigenvalue weighted by atomic mass is 16.5. The molecule has 1 aliphatic rings. The molecule has 2 aromatic rings. The van der Waals surface area contributed by atoms with Crippen LogP contribution < -0.4 is 5.43 Å². The highest BCUT2D eigenvalue weighted by Gasteiger charge is 2.22. The fraction of sp³-hybridized carbons (Fsp3) is 0.111. The van der Waals surface area contributed by atoms with Gasteiger partial charge in [-0.3, -0.25) is 5.43 Å². The Morgan fingerprint density at radius 3 is 2.59 bits per heavy atom. The van der Waals surface area contributed by atoms with Crippen molar-refractivity contribution >= 4 is 29.0 Å². The summed E-state index contributed by atoms with van der Waals surface area (Å²) in [6, 6.07) is 17.5. The third kappa shape index (κ3) is 2.76. The molecule has 0 atom stereocenters. The van der Waals surface area contributed by atoms with Crippen molar-refractivity contribution in [2.75, 3.05) is 12.0 Å². The van der Waals surface area contributed by atoms with Crippen LogP contribution >= 0.6 is 0 Å². The molecule has 0 amide bonds. The van der Waals surface area contributed by atoms with Gasteiger partial charge in [0.2, 0.25) is 0 Å². The lowest BCUT2D eigenvalue weighted by Gasteiger charge is -2.09. The Morgan fingerprint density at radius 2 is 1.82 bits per heavy atom. The van der Waals surface area contributed by atoms with Crippen molar-refractivity contribution in [1.29, 1.82) is 0 Å². The number of anilines is 1. The number of rotatable bonds is 3. The van der Waals surface area contributed by atoms with Crippen LogP contribution in [0.3, 0.4) is 0 Å². The third-order valence-corrected chi connectivity index (χ3v) is 3.36. The molecular weight excluding hydrogens is 276 g/mol. The van der Waals surface area contributed by atoms with Crippen LogP contribution in [-0.4, -0.2) is 18.3 Å². The second-order valence-electron chi connectivity index (χ2n) is 4.80. The summed E-state index contributed by atoms with van der Waals surface area (Å²) < 4.78 is 5.14. The second-order valence-corrected chi connectivity index (χ2v) is 4.80. The van der Waals surface area contributed by atoms with Crippen molar-refractivity contribution in [2.24, 2.45) is 5.10 Å². The molecule has 0 spiro atoms. The van der Waals surface area contributed by atoms with Crippen molar-refractivity contribution in [3.05, 3.63) is 65.7 Å². The van der Waals surface area contributed by atoms with E-state index in [1.165, 1.54) is 0 Å². The van der Waals surface area contributed by atoms with E-state index in [1.807, 2.05) is 60.7 Å². The Balaban J connectivity index is 2.13. The maximum atomic E-state index is 12.3. The van der Waals surface area contributed by atoms with E-state index in [9.17, 15) is 4.79 Å². The number of hydrogen-bond acceptors (Lipinski definition) is 4. The Labute approximate surface area is 129 Å². The first-order valence-corrected chi connectivity index (χ1v) is 7.17. The van der Waals surface area contributed by atoms with Gasteiger partial charge < -0.3 is 4.74 Å². The van der Waals surface area contributed by atoms with Gasteiger partial charge in [-0.25, -0.2) is 4.79 Å². The smallest absolute Gasteiger partial charge is 0.359 e. The van der Waals surface area contributed by atoms with Crippen molar-refractivity contribution in [3.8, 4) is 0 Å². The summed E-state index contributed by atoms with van der Waals surface area (Å²) in [6.45, 7) is 2.09. The van der Waals surface area contributed by atoms with E-state index in [0.29, 0.717) is 6.61 Å². The Morgan fingerprint density at radius 1 is 1.09 bits per heavy atom. The largest absolute Gasteiger partial charge is 0.461 e. The molecule has 0 saturated heterocycles. The monoisotopic (exact) mass is 292 g/mol. The van der Waals surface area contributed by atoms with E-state index in [-0.39, 0.29) is 5.71 Å². The van der Waals surface area contributed by atoms with E-state index in [0.717, 1.165) is 22.4 Å². The molecule has 0 bridgehead atoms. The molecule has 0 aromatic heterocycles. The number of ether oxygens (including phenoxy) is 1. The highest BCUT2D eigenvalue weighted by Crippen LogP contribution is 2.27. The number of nitrogens with zero attached hydrogens (tertiary/aromatic N) is 1. The molecule has 4 heteroatoms. The van der Waals surface area contributed by atoms with Crippen LogP contribution in [0.1, 0.15) is 18.1 Å². The molecule has 0 unspecified atom stereocenters. The van der Waals surface area contributed by atoms with Crippen molar-refractivity contribution in [3.63, 3.8) is 0 Å². The summed E-state index contributed by atoms with van der Waals surface area (Å²) >= 11 is 0. The number of nitrogens with one attached hydrogen (secondary N) is 1. The van der Waals surface area contributed by atoms with Crippen LogP contribution in [-0.2, 0) is 9.53 Å². The number of carbonyl (C=O) groups excluding carboxylic acids is 1. The number of esters is 1. The fourth-order valence-electron chi connectivity index (χ4n) is 2.32. The van der Waals surface area contributed by atoms with Gasteiger partial charge in [-0.1, -0.05) is 48.5 Å². The minimum atomic E-state index is -0.432. The first-order chi connectivity index (χ1) is 10.8. The topological polar surface area (TPSA) is 50.7 Å². The van der Waals surface area contributed by atoms with Gasteiger partial charge in [0.1, 0.15) is 0 Å². The predicted octanol–water partition coefficient (Wildman–Crippen LogP) is 3.57. The zero-order valence-electron chi connectivity index (χ0n) is 12.2. The van der Waals surface area contributed by atoms with Crippen molar-refractivity contribution in [2.45, 2.75) is 6.92 Å². The number of hydrogen-bond donors (Lipinski definition) is 1. The predicted molar refractivity (Wildman–Crippen MR) is 88.4 cm³/mol. The summed E-state index contributed by atoms with van der Waals surface area (Å²) in [7, 11) is 0. The van der Waals surface area contributed by atoms with Gasteiger partial charge in [0.05, 0.1) is 12.3 Å². The minimum Gasteiger partial charge on any atom is -0.461 e. The molecule has 110 valence electrons. The zero-order valence-corrected chi connectivity index (χ0v) is 12.2. The Bertz CT molecular complexity index is 749. The zero-order chi connectivity index (χ0) is 15.4. The minimum absolute atomic E-state index is 0.282. The molecule has 1 aliphatic heterocycles. The van der Waals surface area contributed by atoms with E-state index in [1.54, 1.807) is 6.92 Å². The highest BCUT2D eigenvalue weighted by molar-refractivity contribution is 6.56. The molecule has 0 aliphatic carbocycles. The van der Waals surface area contributed by atoms with E-state index >= 15 is 0 Å². The fourth-order valence-corrected chi connectivity index (χ4v) is 2.32. The average molecular weight is 292 g/mol. The first kappa shape index (κ1) is 14.1. The van der Waals surface area contributed by atoms with Crippen LogP contribution in [0, 0.1) is 0 Å². The summed E-state index contributed by atoms with van der Waals surface area (Å²) in [5.74, 6) is -0.432. The van der Waals surface area contributed by atoms with E-state index in [4.69, 9.17) is 4.74 Å². The van der Waals surface area contributed by atoms with Gasteiger partial charge >= 0.3 is 5.97 Å². The van der Waals surface area contributed by atoms with Crippen LogP contribution in [0.2, 0.25) is 0 Å².